The maximum absolute atomic E-state index is 13.4. The average molecular weight is 462 g/mol. The van der Waals surface area contributed by atoms with Crippen molar-refractivity contribution in [3.63, 3.8) is 0 Å². The van der Waals surface area contributed by atoms with Crippen molar-refractivity contribution in [3.05, 3.63) is 59.7 Å². The zero-order valence-electron chi connectivity index (χ0n) is 19.2. The summed E-state index contributed by atoms with van der Waals surface area (Å²) in [5.41, 5.74) is 2.12. The zero-order chi connectivity index (χ0) is 23.9. The van der Waals surface area contributed by atoms with Gasteiger partial charge in [-0.2, -0.15) is 0 Å². The van der Waals surface area contributed by atoms with Crippen molar-refractivity contribution < 1.29 is 22.7 Å². The Bertz CT molecular complexity index is 1040. The molecule has 9 heteroatoms. The first-order valence-corrected chi connectivity index (χ1v) is 12.2. The molecule has 0 aliphatic heterocycles. The predicted molar refractivity (Wildman–Crippen MR) is 125 cm³/mol. The van der Waals surface area contributed by atoms with Crippen molar-refractivity contribution in [1.29, 1.82) is 0 Å². The molecule has 0 bridgehead atoms. The van der Waals surface area contributed by atoms with Crippen LogP contribution in [0.2, 0.25) is 0 Å². The van der Waals surface area contributed by atoms with Gasteiger partial charge in [0.2, 0.25) is 21.8 Å². The quantitative estimate of drug-likeness (QED) is 0.586. The molecule has 2 aromatic rings. The van der Waals surface area contributed by atoms with Gasteiger partial charge in [-0.15, -0.1) is 0 Å². The van der Waals surface area contributed by atoms with Crippen LogP contribution in [0.15, 0.2) is 48.5 Å². The molecule has 1 N–H and O–H groups in total. The van der Waals surface area contributed by atoms with Crippen LogP contribution in [-0.4, -0.2) is 57.6 Å². The summed E-state index contributed by atoms with van der Waals surface area (Å²) in [5, 5.41) is 2.72. The van der Waals surface area contributed by atoms with E-state index in [1.165, 1.54) is 4.90 Å². The summed E-state index contributed by atoms with van der Waals surface area (Å²) < 4.78 is 31.3. The van der Waals surface area contributed by atoms with Crippen LogP contribution in [0.1, 0.15) is 25.0 Å². The molecule has 32 heavy (non-hydrogen) atoms. The number of rotatable bonds is 10. The Kier molecular flexibility index (Phi) is 8.65. The van der Waals surface area contributed by atoms with Gasteiger partial charge in [0, 0.05) is 13.1 Å². The van der Waals surface area contributed by atoms with E-state index < -0.39 is 28.5 Å². The largest absolute Gasteiger partial charge is 0.497 e. The van der Waals surface area contributed by atoms with Gasteiger partial charge in [0.25, 0.3) is 0 Å². The summed E-state index contributed by atoms with van der Waals surface area (Å²) in [4.78, 5) is 27.3. The predicted octanol–water partition coefficient (Wildman–Crippen LogP) is 2.32. The SMILES string of the molecule is CCNC(=O)[C@H](C)N(Cc1cccc(OC)c1)C(=O)CN(c1ccc(C)cc1)S(C)(=O)=O. The van der Waals surface area contributed by atoms with Crippen LogP contribution in [-0.2, 0) is 26.2 Å². The third kappa shape index (κ3) is 6.71. The minimum Gasteiger partial charge on any atom is -0.497 e. The van der Waals surface area contributed by atoms with Crippen molar-refractivity contribution in [2.24, 2.45) is 0 Å². The smallest absolute Gasteiger partial charge is 0.244 e. The van der Waals surface area contributed by atoms with E-state index >= 15 is 0 Å². The highest BCUT2D eigenvalue weighted by atomic mass is 32.2. The van der Waals surface area contributed by atoms with Gasteiger partial charge >= 0.3 is 0 Å². The molecule has 0 radical (unpaired) electrons. The third-order valence-corrected chi connectivity index (χ3v) is 6.15. The van der Waals surface area contributed by atoms with Gasteiger partial charge in [0.15, 0.2) is 0 Å². The fourth-order valence-corrected chi connectivity index (χ4v) is 4.05. The number of nitrogens with one attached hydrogen (secondary N) is 1. The summed E-state index contributed by atoms with van der Waals surface area (Å²) in [5.74, 6) is -0.180. The lowest BCUT2D eigenvalue weighted by molar-refractivity contribution is -0.139. The lowest BCUT2D eigenvalue weighted by Crippen LogP contribution is -2.51. The van der Waals surface area contributed by atoms with Crippen LogP contribution in [0.25, 0.3) is 0 Å². The maximum atomic E-state index is 13.4. The molecule has 0 saturated carbocycles. The van der Waals surface area contributed by atoms with E-state index in [9.17, 15) is 18.0 Å². The normalized spacial score (nSPS) is 12.0. The molecule has 0 spiro atoms. The van der Waals surface area contributed by atoms with Crippen molar-refractivity contribution in [2.45, 2.75) is 33.4 Å². The lowest BCUT2D eigenvalue weighted by atomic mass is 10.1. The second-order valence-electron chi connectivity index (χ2n) is 7.55. The third-order valence-electron chi connectivity index (χ3n) is 5.01. The molecule has 174 valence electrons. The number of methoxy groups -OCH3 is 1. The molecule has 0 fully saturated rings. The molecule has 0 unspecified atom stereocenters. The Morgan fingerprint density at radius 3 is 2.34 bits per heavy atom. The number of likely N-dealkylation sites (N-methyl/N-ethyl adjacent to an activating group) is 1. The van der Waals surface area contributed by atoms with Gasteiger partial charge < -0.3 is 15.0 Å². The van der Waals surface area contributed by atoms with Crippen molar-refractivity contribution in [1.82, 2.24) is 10.2 Å². The second-order valence-corrected chi connectivity index (χ2v) is 9.46. The van der Waals surface area contributed by atoms with E-state index in [0.717, 1.165) is 21.7 Å². The summed E-state index contributed by atoms with van der Waals surface area (Å²) in [7, 11) is -2.19. The Morgan fingerprint density at radius 2 is 1.78 bits per heavy atom. The Balaban J connectivity index is 2.38. The number of hydrogen-bond acceptors (Lipinski definition) is 5. The molecular weight excluding hydrogens is 430 g/mol. The van der Waals surface area contributed by atoms with Crippen LogP contribution in [0.3, 0.4) is 0 Å². The average Bonchev–Trinajstić information content (AvgIpc) is 2.75. The minimum absolute atomic E-state index is 0.125. The molecule has 1 atom stereocenters. The molecule has 0 heterocycles. The van der Waals surface area contributed by atoms with Crippen molar-refractivity contribution >= 4 is 27.5 Å². The summed E-state index contributed by atoms with van der Waals surface area (Å²) in [6.07, 6.45) is 1.06. The van der Waals surface area contributed by atoms with E-state index in [1.54, 1.807) is 63.4 Å². The molecule has 2 aromatic carbocycles. The van der Waals surface area contributed by atoms with Crippen molar-refractivity contribution in [3.8, 4) is 5.75 Å². The Hall–Kier alpha value is -3.07. The monoisotopic (exact) mass is 461 g/mol. The highest BCUT2D eigenvalue weighted by Crippen LogP contribution is 2.20. The minimum atomic E-state index is -3.73. The number of amides is 2. The molecule has 0 aliphatic carbocycles. The number of carbonyl (C=O) groups excluding carboxylic acids is 2. The molecule has 2 amide bonds. The molecular formula is C23H31N3O5S. The van der Waals surface area contributed by atoms with Crippen LogP contribution >= 0.6 is 0 Å². The van der Waals surface area contributed by atoms with E-state index in [0.29, 0.717) is 18.0 Å². The summed E-state index contributed by atoms with van der Waals surface area (Å²) in [6.45, 7) is 5.43. The topological polar surface area (TPSA) is 96.0 Å². The number of aryl methyl sites for hydroxylation is 1. The Morgan fingerprint density at radius 1 is 1.12 bits per heavy atom. The fraction of sp³-hybridized carbons (Fsp3) is 0.391. The van der Waals surface area contributed by atoms with Gasteiger partial charge in [-0.05, 0) is 50.6 Å². The highest BCUT2D eigenvalue weighted by molar-refractivity contribution is 7.92. The molecule has 8 nitrogen and oxygen atoms in total. The van der Waals surface area contributed by atoms with Crippen LogP contribution < -0.4 is 14.4 Å². The number of carbonyl (C=O) groups is 2. The number of benzene rings is 2. The molecule has 0 saturated heterocycles. The Labute approximate surface area is 190 Å². The zero-order valence-corrected chi connectivity index (χ0v) is 20.0. The van der Waals surface area contributed by atoms with Gasteiger partial charge in [0.1, 0.15) is 18.3 Å². The van der Waals surface area contributed by atoms with E-state index in [4.69, 9.17) is 4.74 Å². The number of sulfonamides is 1. The highest BCUT2D eigenvalue weighted by Gasteiger charge is 2.29. The lowest BCUT2D eigenvalue weighted by Gasteiger charge is -2.31. The fourth-order valence-electron chi connectivity index (χ4n) is 3.20. The molecule has 0 aliphatic rings. The number of ether oxygens (including phenoxy) is 1. The number of anilines is 1. The summed E-state index contributed by atoms with van der Waals surface area (Å²) in [6, 6.07) is 13.3. The van der Waals surface area contributed by atoms with E-state index in [-0.39, 0.29) is 12.5 Å². The first kappa shape index (κ1) is 25.2. The first-order chi connectivity index (χ1) is 15.1. The standard InChI is InChI=1S/C23H31N3O5S/c1-6-24-23(28)18(3)25(15-19-8-7-9-21(14-19)31-4)22(27)16-26(32(5,29)30)20-12-10-17(2)11-13-20/h7-14,18H,6,15-16H2,1-5H3,(H,24,28)/t18-/m0/s1. The summed E-state index contributed by atoms with van der Waals surface area (Å²) >= 11 is 0. The van der Waals surface area contributed by atoms with Gasteiger partial charge in [-0.3, -0.25) is 13.9 Å². The van der Waals surface area contributed by atoms with Gasteiger partial charge in [0.05, 0.1) is 19.1 Å². The molecule has 2 rings (SSSR count). The van der Waals surface area contributed by atoms with E-state index in [2.05, 4.69) is 5.32 Å². The molecule has 0 aromatic heterocycles. The number of nitrogens with zero attached hydrogens (tertiary/aromatic N) is 2. The van der Waals surface area contributed by atoms with Crippen LogP contribution in [0.4, 0.5) is 5.69 Å². The first-order valence-electron chi connectivity index (χ1n) is 10.3. The maximum Gasteiger partial charge on any atom is 0.244 e. The second kappa shape index (κ2) is 11.0. The van der Waals surface area contributed by atoms with Gasteiger partial charge in [-0.25, -0.2) is 8.42 Å². The number of hydrogen-bond donors (Lipinski definition) is 1. The van der Waals surface area contributed by atoms with Gasteiger partial charge in [-0.1, -0.05) is 29.8 Å². The van der Waals surface area contributed by atoms with E-state index in [1.807, 2.05) is 13.0 Å². The van der Waals surface area contributed by atoms with Crippen LogP contribution in [0.5, 0.6) is 5.75 Å². The van der Waals surface area contributed by atoms with Crippen molar-refractivity contribution in [2.75, 3.05) is 30.8 Å². The van der Waals surface area contributed by atoms with Crippen LogP contribution in [0, 0.1) is 6.92 Å².